The van der Waals surface area contributed by atoms with E-state index in [0.717, 1.165) is 5.56 Å². The van der Waals surface area contributed by atoms with E-state index < -0.39 is 5.91 Å². The van der Waals surface area contributed by atoms with E-state index in [-0.39, 0.29) is 17.2 Å². The van der Waals surface area contributed by atoms with Crippen LogP contribution in [-0.4, -0.2) is 23.8 Å². The highest BCUT2D eigenvalue weighted by molar-refractivity contribution is 5.93. The van der Waals surface area contributed by atoms with Crippen molar-refractivity contribution >= 4 is 11.8 Å². The molecule has 4 nitrogen and oxygen atoms in total. The molecule has 1 aliphatic rings. The SMILES string of the molecule is CC(C)=C[C@H]1[C@H](C(=O)N(C)Cc2cccc(C(N)=O)c2)C1(C)C. The molecule has 1 fully saturated rings. The number of carbonyl (C=O) groups is 2. The van der Waals surface area contributed by atoms with Crippen molar-refractivity contribution in [3.63, 3.8) is 0 Å². The van der Waals surface area contributed by atoms with Crippen LogP contribution in [0.25, 0.3) is 0 Å². The van der Waals surface area contributed by atoms with E-state index in [2.05, 4.69) is 33.8 Å². The lowest BCUT2D eigenvalue weighted by Crippen LogP contribution is -2.29. The molecule has 0 bridgehead atoms. The highest BCUT2D eigenvalue weighted by Crippen LogP contribution is 2.60. The molecule has 0 aromatic heterocycles. The quantitative estimate of drug-likeness (QED) is 0.849. The summed E-state index contributed by atoms with van der Waals surface area (Å²) in [6, 6.07) is 7.13. The zero-order chi connectivity index (χ0) is 17.4. The molecule has 4 heteroatoms. The van der Waals surface area contributed by atoms with Crippen LogP contribution in [0.3, 0.4) is 0 Å². The van der Waals surface area contributed by atoms with Crippen LogP contribution in [0.15, 0.2) is 35.9 Å². The van der Waals surface area contributed by atoms with E-state index >= 15 is 0 Å². The Morgan fingerprint density at radius 3 is 2.52 bits per heavy atom. The summed E-state index contributed by atoms with van der Waals surface area (Å²) in [5.74, 6) is 0.0379. The van der Waals surface area contributed by atoms with Crippen molar-refractivity contribution in [2.45, 2.75) is 34.2 Å². The molecule has 1 saturated carbocycles. The maximum Gasteiger partial charge on any atom is 0.248 e. The van der Waals surface area contributed by atoms with Gasteiger partial charge in [-0.2, -0.15) is 0 Å². The van der Waals surface area contributed by atoms with E-state index in [4.69, 9.17) is 5.73 Å². The summed E-state index contributed by atoms with van der Waals surface area (Å²) in [6.45, 7) is 8.89. The third kappa shape index (κ3) is 3.63. The number of carbonyl (C=O) groups excluding carboxylic acids is 2. The lowest BCUT2D eigenvalue weighted by atomic mass is 10.1. The first kappa shape index (κ1) is 17.3. The number of hydrogen-bond donors (Lipinski definition) is 1. The Morgan fingerprint density at radius 1 is 1.30 bits per heavy atom. The van der Waals surface area contributed by atoms with Gasteiger partial charge < -0.3 is 10.6 Å². The number of hydrogen-bond acceptors (Lipinski definition) is 2. The number of primary amides is 1. The molecule has 23 heavy (non-hydrogen) atoms. The molecule has 0 heterocycles. The van der Waals surface area contributed by atoms with Crippen molar-refractivity contribution < 1.29 is 9.59 Å². The average molecular weight is 314 g/mol. The second kappa shape index (κ2) is 6.19. The Morgan fingerprint density at radius 2 is 1.96 bits per heavy atom. The van der Waals surface area contributed by atoms with Crippen LogP contribution < -0.4 is 5.73 Å². The molecule has 2 atom stereocenters. The number of nitrogens with zero attached hydrogens (tertiary/aromatic N) is 1. The van der Waals surface area contributed by atoms with Gasteiger partial charge in [0.1, 0.15) is 0 Å². The molecule has 124 valence electrons. The zero-order valence-corrected chi connectivity index (χ0v) is 14.6. The second-order valence-corrected chi connectivity index (χ2v) is 7.33. The monoisotopic (exact) mass is 314 g/mol. The van der Waals surface area contributed by atoms with E-state index in [1.165, 1.54) is 5.57 Å². The Labute approximate surface area is 138 Å². The normalized spacial score (nSPS) is 21.4. The lowest BCUT2D eigenvalue weighted by molar-refractivity contribution is -0.132. The molecule has 0 saturated heterocycles. The number of rotatable bonds is 5. The average Bonchev–Trinajstić information content (AvgIpc) is 2.98. The first-order valence-corrected chi connectivity index (χ1v) is 7.93. The van der Waals surface area contributed by atoms with Gasteiger partial charge in [0.25, 0.3) is 0 Å². The minimum atomic E-state index is -0.451. The number of amides is 2. The van der Waals surface area contributed by atoms with Crippen molar-refractivity contribution in [1.29, 1.82) is 0 Å². The van der Waals surface area contributed by atoms with Crippen molar-refractivity contribution in [3.8, 4) is 0 Å². The Kier molecular flexibility index (Phi) is 4.64. The molecule has 1 aromatic carbocycles. The summed E-state index contributed by atoms with van der Waals surface area (Å²) in [7, 11) is 1.81. The molecule has 2 amide bonds. The van der Waals surface area contributed by atoms with E-state index in [9.17, 15) is 9.59 Å². The van der Waals surface area contributed by atoms with Gasteiger partial charge in [0, 0.05) is 19.2 Å². The Hall–Kier alpha value is -2.10. The van der Waals surface area contributed by atoms with Crippen molar-refractivity contribution in [2.24, 2.45) is 23.0 Å². The summed E-state index contributed by atoms with van der Waals surface area (Å²) >= 11 is 0. The second-order valence-electron chi connectivity index (χ2n) is 7.33. The number of benzene rings is 1. The molecular weight excluding hydrogens is 288 g/mol. The molecule has 2 rings (SSSR count). The fraction of sp³-hybridized carbons (Fsp3) is 0.474. The molecule has 0 radical (unpaired) electrons. The third-order valence-electron chi connectivity index (χ3n) is 4.70. The van der Waals surface area contributed by atoms with Crippen molar-refractivity contribution in [1.82, 2.24) is 4.90 Å². The van der Waals surface area contributed by atoms with Gasteiger partial charge in [-0.15, -0.1) is 0 Å². The smallest absolute Gasteiger partial charge is 0.248 e. The van der Waals surface area contributed by atoms with Crippen LogP contribution in [0.4, 0.5) is 0 Å². The van der Waals surface area contributed by atoms with Crippen LogP contribution in [0.2, 0.25) is 0 Å². The third-order valence-corrected chi connectivity index (χ3v) is 4.70. The molecule has 0 aliphatic heterocycles. The van der Waals surface area contributed by atoms with Crippen LogP contribution >= 0.6 is 0 Å². The van der Waals surface area contributed by atoms with Crippen molar-refractivity contribution in [3.05, 3.63) is 47.0 Å². The van der Waals surface area contributed by atoms with Gasteiger partial charge in [0.05, 0.1) is 5.92 Å². The molecule has 1 aromatic rings. The van der Waals surface area contributed by atoms with Crippen LogP contribution in [0, 0.1) is 17.3 Å². The van der Waals surface area contributed by atoms with Crippen LogP contribution in [-0.2, 0) is 11.3 Å². The van der Waals surface area contributed by atoms with Crippen LogP contribution in [0.1, 0.15) is 43.6 Å². The Balaban J connectivity index is 2.08. The van der Waals surface area contributed by atoms with Gasteiger partial charge in [-0.05, 0) is 42.9 Å². The number of allylic oxidation sites excluding steroid dienone is 2. The number of nitrogens with two attached hydrogens (primary N) is 1. The first-order chi connectivity index (χ1) is 10.6. The summed E-state index contributed by atoms with van der Waals surface area (Å²) in [5, 5.41) is 0. The fourth-order valence-corrected chi connectivity index (χ4v) is 3.23. The maximum atomic E-state index is 12.7. The highest BCUT2D eigenvalue weighted by Gasteiger charge is 2.60. The van der Waals surface area contributed by atoms with Gasteiger partial charge in [0.2, 0.25) is 11.8 Å². The van der Waals surface area contributed by atoms with Gasteiger partial charge in [-0.25, -0.2) is 0 Å². The highest BCUT2D eigenvalue weighted by atomic mass is 16.2. The minimum Gasteiger partial charge on any atom is -0.366 e. The van der Waals surface area contributed by atoms with Gasteiger partial charge >= 0.3 is 0 Å². The first-order valence-electron chi connectivity index (χ1n) is 7.93. The van der Waals surface area contributed by atoms with E-state index in [1.807, 2.05) is 13.1 Å². The van der Waals surface area contributed by atoms with E-state index in [0.29, 0.717) is 18.0 Å². The van der Waals surface area contributed by atoms with E-state index in [1.54, 1.807) is 23.1 Å². The van der Waals surface area contributed by atoms with Gasteiger partial charge in [-0.3, -0.25) is 9.59 Å². The molecule has 1 aliphatic carbocycles. The maximum absolute atomic E-state index is 12.7. The molecular formula is C19H26N2O2. The zero-order valence-electron chi connectivity index (χ0n) is 14.6. The van der Waals surface area contributed by atoms with Crippen molar-refractivity contribution in [2.75, 3.05) is 7.05 Å². The summed E-state index contributed by atoms with van der Waals surface area (Å²) in [4.78, 5) is 25.7. The summed E-state index contributed by atoms with van der Waals surface area (Å²) in [5.41, 5.74) is 7.94. The minimum absolute atomic E-state index is 0.0116. The molecule has 0 unspecified atom stereocenters. The van der Waals surface area contributed by atoms with Gasteiger partial charge in [0.15, 0.2) is 0 Å². The van der Waals surface area contributed by atoms with Crippen LogP contribution in [0.5, 0.6) is 0 Å². The standard InChI is InChI=1S/C19H26N2O2/c1-12(2)9-15-16(19(15,3)4)18(23)21(5)11-13-7-6-8-14(10-13)17(20)22/h6-10,15-16H,11H2,1-5H3,(H2,20,22)/t15-,16+/m0/s1. The largest absolute Gasteiger partial charge is 0.366 e. The topological polar surface area (TPSA) is 63.4 Å². The summed E-state index contributed by atoms with van der Waals surface area (Å²) < 4.78 is 0. The fourth-order valence-electron chi connectivity index (χ4n) is 3.23. The predicted molar refractivity (Wildman–Crippen MR) is 91.6 cm³/mol. The Bertz CT molecular complexity index is 657. The molecule has 0 spiro atoms. The summed E-state index contributed by atoms with van der Waals surface area (Å²) in [6.07, 6.45) is 2.20. The predicted octanol–water partition coefficient (Wildman–Crippen LogP) is 2.98. The lowest BCUT2D eigenvalue weighted by Gasteiger charge is -2.18. The molecule has 2 N–H and O–H groups in total. The van der Waals surface area contributed by atoms with Gasteiger partial charge in [-0.1, -0.05) is 37.6 Å².